The second-order valence-electron chi connectivity index (χ2n) is 6.14. The van der Waals surface area contributed by atoms with E-state index in [0.29, 0.717) is 0 Å². The molecule has 2 amide bonds. The number of pyridine rings is 1. The van der Waals surface area contributed by atoms with Crippen LogP contribution >= 0.6 is 0 Å². The van der Waals surface area contributed by atoms with Gasteiger partial charge in [0.1, 0.15) is 12.7 Å². The molecule has 1 N–H and O–H groups in total. The summed E-state index contributed by atoms with van der Waals surface area (Å²) in [6.07, 6.45) is 4.87. The van der Waals surface area contributed by atoms with Crippen LogP contribution in [0, 0.1) is 0 Å². The monoisotopic (exact) mass is 350 g/mol. The average molecular weight is 350 g/mol. The molecule has 0 aliphatic heterocycles. The lowest BCUT2D eigenvalue weighted by molar-refractivity contribution is 0.191. The zero-order valence-corrected chi connectivity index (χ0v) is 15.1. The van der Waals surface area contributed by atoms with Crippen LogP contribution in [0.5, 0.6) is 0 Å². The van der Waals surface area contributed by atoms with E-state index in [1.54, 1.807) is 29.2 Å². The summed E-state index contributed by atoms with van der Waals surface area (Å²) in [7, 11) is 1.79. The molecule has 3 aromatic rings. The van der Waals surface area contributed by atoms with Crippen molar-refractivity contribution in [3.05, 3.63) is 72.6 Å². The SMILES string of the molecule is CC(NC(=O)N(C)C(C)c1ccc(-n2cncn2)cc1)c1ccccn1. The molecule has 0 saturated carbocycles. The number of hydrogen-bond donors (Lipinski definition) is 1. The van der Waals surface area contributed by atoms with Crippen LogP contribution in [-0.2, 0) is 0 Å². The largest absolute Gasteiger partial charge is 0.330 e. The molecule has 0 bridgehead atoms. The predicted molar refractivity (Wildman–Crippen MR) is 98.7 cm³/mol. The van der Waals surface area contributed by atoms with Gasteiger partial charge in [-0.05, 0) is 43.7 Å². The maximum absolute atomic E-state index is 12.6. The van der Waals surface area contributed by atoms with Crippen molar-refractivity contribution in [3.8, 4) is 5.69 Å². The molecule has 2 aromatic heterocycles. The summed E-state index contributed by atoms with van der Waals surface area (Å²) in [4.78, 5) is 22.5. The standard InChI is InChI=1S/C19H22N6O/c1-14(18-6-4-5-11-21-18)23-19(26)24(3)15(2)16-7-9-17(10-8-16)25-13-20-12-22-25/h4-15H,1-3H3,(H,23,26). The minimum atomic E-state index is -0.159. The number of aromatic nitrogens is 4. The summed E-state index contributed by atoms with van der Waals surface area (Å²) >= 11 is 0. The van der Waals surface area contributed by atoms with E-state index in [2.05, 4.69) is 20.4 Å². The Morgan fingerprint density at radius 2 is 1.92 bits per heavy atom. The van der Waals surface area contributed by atoms with Gasteiger partial charge in [-0.2, -0.15) is 5.10 Å². The van der Waals surface area contributed by atoms with Crippen LogP contribution in [0.4, 0.5) is 4.79 Å². The number of benzene rings is 1. The molecule has 0 fully saturated rings. The molecule has 2 atom stereocenters. The van der Waals surface area contributed by atoms with Gasteiger partial charge in [0.25, 0.3) is 0 Å². The highest BCUT2D eigenvalue weighted by atomic mass is 16.2. The van der Waals surface area contributed by atoms with E-state index in [1.165, 1.54) is 6.33 Å². The Bertz CT molecular complexity index is 832. The smallest absolute Gasteiger partial charge is 0.318 e. The van der Waals surface area contributed by atoms with Crippen molar-refractivity contribution in [2.75, 3.05) is 7.05 Å². The molecule has 2 unspecified atom stereocenters. The van der Waals surface area contributed by atoms with Gasteiger partial charge in [0, 0.05) is 13.2 Å². The molecule has 2 heterocycles. The maximum atomic E-state index is 12.6. The van der Waals surface area contributed by atoms with E-state index < -0.39 is 0 Å². The van der Waals surface area contributed by atoms with Gasteiger partial charge < -0.3 is 10.2 Å². The molecule has 7 nitrogen and oxygen atoms in total. The highest BCUT2D eigenvalue weighted by Gasteiger charge is 2.19. The first-order valence-electron chi connectivity index (χ1n) is 8.45. The molecule has 1 aromatic carbocycles. The number of nitrogens with zero attached hydrogens (tertiary/aromatic N) is 5. The highest BCUT2D eigenvalue weighted by molar-refractivity contribution is 5.74. The predicted octanol–water partition coefficient (Wildman–Crippen LogP) is 3.13. The number of hydrogen-bond acceptors (Lipinski definition) is 4. The fourth-order valence-corrected chi connectivity index (χ4v) is 2.64. The lowest BCUT2D eigenvalue weighted by Crippen LogP contribution is -2.40. The Morgan fingerprint density at radius 1 is 1.15 bits per heavy atom. The van der Waals surface area contributed by atoms with Crippen LogP contribution in [0.15, 0.2) is 61.3 Å². The van der Waals surface area contributed by atoms with Crippen LogP contribution in [0.25, 0.3) is 5.69 Å². The summed E-state index contributed by atoms with van der Waals surface area (Å²) in [5.74, 6) is 0. The molecule has 0 aliphatic carbocycles. The molecule has 0 saturated heterocycles. The Kier molecular flexibility index (Phi) is 5.26. The first kappa shape index (κ1) is 17.6. The summed E-state index contributed by atoms with van der Waals surface area (Å²) in [5.41, 5.74) is 2.80. The van der Waals surface area contributed by atoms with Gasteiger partial charge in [0.05, 0.1) is 23.5 Å². The lowest BCUT2D eigenvalue weighted by atomic mass is 10.1. The zero-order chi connectivity index (χ0) is 18.5. The fourth-order valence-electron chi connectivity index (χ4n) is 2.64. The zero-order valence-electron chi connectivity index (χ0n) is 15.1. The lowest BCUT2D eigenvalue weighted by Gasteiger charge is -2.27. The normalized spacial score (nSPS) is 13.0. The van der Waals surface area contributed by atoms with E-state index in [-0.39, 0.29) is 18.1 Å². The van der Waals surface area contributed by atoms with Gasteiger partial charge in [0.2, 0.25) is 0 Å². The molecule has 134 valence electrons. The van der Waals surface area contributed by atoms with Crippen molar-refractivity contribution in [1.82, 2.24) is 30.0 Å². The van der Waals surface area contributed by atoms with Crippen molar-refractivity contribution in [3.63, 3.8) is 0 Å². The van der Waals surface area contributed by atoms with E-state index in [9.17, 15) is 4.79 Å². The van der Waals surface area contributed by atoms with Gasteiger partial charge in [-0.3, -0.25) is 4.98 Å². The Morgan fingerprint density at radius 3 is 2.54 bits per heavy atom. The van der Waals surface area contributed by atoms with Crippen molar-refractivity contribution in [2.45, 2.75) is 25.9 Å². The Hall–Kier alpha value is -3.22. The molecular weight excluding hydrogens is 328 g/mol. The van der Waals surface area contributed by atoms with Crippen LogP contribution in [-0.4, -0.2) is 37.7 Å². The van der Waals surface area contributed by atoms with Crippen molar-refractivity contribution >= 4 is 6.03 Å². The van der Waals surface area contributed by atoms with E-state index >= 15 is 0 Å². The van der Waals surface area contributed by atoms with Gasteiger partial charge in [-0.15, -0.1) is 0 Å². The van der Waals surface area contributed by atoms with Crippen LogP contribution in [0.2, 0.25) is 0 Å². The summed E-state index contributed by atoms with van der Waals surface area (Å²) in [6, 6.07) is 13.2. The minimum Gasteiger partial charge on any atom is -0.330 e. The number of rotatable bonds is 5. The number of carbonyl (C=O) groups excluding carboxylic acids is 1. The molecule has 0 aliphatic rings. The van der Waals surface area contributed by atoms with E-state index in [4.69, 9.17) is 0 Å². The second-order valence-corrected chi connectivity index (χ2v) is 6.14. The van der Waals surface area contributed by atoms with Gasteiger partial charge >= 0.3 is 6.03 Å². The quantitative estimate of drug-likeness (QED) is 0.767. The van der Waals surface area contributed by atoms with Crippen molar-refractivity contribution in [1.29, 1.82) is 0 Å². The van der Waals surface area contributed by atoms with E-state index in [1.807, 2.05) is 56.3 Å². The third-order valence-corrected chi connectivity index (χ3v) is 4.43. The first-order chi connectivity index (χ1) is 12.6. The van der Waals surface area contributed by atoms with Gasteiger partial charge in [0.15, 0.2) is 0 Å². The van der Waals surface area contributed by atoms with Gasteiger partial charge in [-0.25, -0.2) is 14.5 Å². The molecule has 3 rings (SSSR count). The van der Waals surface area contributed by atoms with Crippen molar-refractivity contribution < 1.29 is 4.79 Å². The first-order valence-corrected chi connectivity index (χ1v) is 8.45. The fraction of sp³-hybridized carbons (Fsp3) is 0.263. The number of carbonyl (C=O) groups is 1. The van der Waals surface area contributed by atoms with Crippen LogP contribution < -0.4 is 5.32 Å². The maximum Gasteiger partial charge on any atom is 0.318 e. The second kappa shape index (κ2) is 7.77. The van der Waals surface area contributed by atoms with Crippen molar-refractivity contribution in [2.24, 2.45) is 0 Å². The van der Waals surface area contributed by atoms with Crippen LogP contribution in [0.3, 0.4) is 0 Å². The molecular formula is C19H22N6O. The third-order valence-electron chi connectivity index (χ3n) is 4.43. The van der Waals surface area contributed by atoms with Gasteiger partial charge in [-0.1, -0.05) is 18.2 Å². The highest BCUT2D eigenvalue weighted by Crippen LogP contribution is 2.21. The third kappa shape index (κ3) is 3.88. The Labute approximate surface area is 152 Å². The molecule has 0 radical (unpaired) electrons. The summed E-state index contributed by atoms with van der Waals surface area (Å²) in [5, 5.41) is 7.09. The molecule has 26 heavy (non-hydrogen) atoms. The Balaban J connectivity index is 1.65. The number of amides is 2. The molecule has 0 spiro atoms. The summed E-state index contributed by atoms with van der Waals surface area (Å²) < 4.78 is 1.69. The average Bonchev–Trinajstić information content (AvgIpc) is 3.22. The minimum absolute atomic E-state index is 0.0734. The number of urea groups is 1. The summed E-state index contributed by atoms with van der Waals surface area (Å²) in [6.45, 7) is 3.92. The number of nitrogens with one attached hydrogen (secondary N) is 1. The van der Waals surface area contributed by atoms with Crippen LogP contribution in [0.1, 0.15) is 37.2 Å². The topological polar surface area (TPSA) is 75.9 Å². The molecule has 7 heteroatoms. The van der Waals surface area contributed by atoms with E-state index in [0.717, 1.165) is 16.9 Å².